The van der Waals surface area contributed by atoms with E-state index in [4.69, 9.17) is 10.5 Å². The molecular formula is C10H6F2N2. The van der Waals surface area contributed by atoms with Crippen LogP contribution in [0, 0.1) is 40.2 Å². The maximum absolute atomic E-state index is 13.0. The van der Waals surface area contributed by atoms with Crippen molar-refractivity contribution in [2.45, 2.75) is 6.42 Å². The Labute approximate surface area is 80.0 Å². The molecule has 1 aromatic rings. The van der Waals surface area contributed by atoms with Crippen LogP contribution in [0.4, 0.5) is 8.78 Å². The van der Waals surface area contributed by atoms with Gasteiger partial charge >= 0.3 is 0 Å². The fourth-order valence-electron chi connectivity index (χ4n) is 1.04. The van der Waals surface area contributed by atoms with Crippen molar-refractivity contribution >= 4 is 0 Å². The van der Waals surface area contributed by atoms with Crippen LogP contribution in [0.15, 0.2) is 18.2 Å². The zero-order valence-corrected chi connectivity index (χ0v) is 7.17. The number of hydrogen-bond donors (Lipinski definition) is 0. The van der Waals surface area contributed by atoms with Gasteiger partial charge in [-0.15, -0.1) is 0 Å². The molecule has 0 N–H and O–H groups in total. The average molecular weight is 192 g/mol. The Bertz CT molecular complexity index is 401. The highest BCUT2D eigenvalue weighted by Gasteiger charge is 2.11. The number of benzene rings is 1. The third kappa shape index (κ3) is 2.27. The summed E-state index contributed by atoms with van der Waals surface area (Å²) in [5, 5.41) is 16.9. The van der Waals surface area contributed by atoms with E-state index in [-0.39, 0.29) is 12.0 Å². The molecule has 14 heavy (non-hydrogen) atoms. The first-order chi connectivity index (χ1) is 6.67. The predicted molar refractivity (Wildman–Crippen MR) is 44.8 cm³/mol. The van der Waals surface area contributed by atoms with Crippen LogP contribution in [-0.4, -0.2) is 0 Å². The molecule has 2 nitrogen and oxygen atoms in total. The van der Waals surface area contributed by atoms with Gasteiger partial charge in [0, 0.05) is 6.42 Å². The molecule has 1 rings (SSSR count). The lowest BCUT2D eigenvalue weighted by molar-refractivity contribution is 0.579. The quantitative estimate of drug-likeness (QED) is 0.720. The van der Waals surface area contributed by atoms with E-state index >= 15 is 0 Å². The summed E-state index contributed by atoms with van der Waals surface area (Å²) in [7, 11) is 0. The van der Waals surface area contributed by atoms with Gasteiger partial charge in [-0.1, -0.05) is 0 Å². The van der Waals surface area contributed by atoms with Crippen molar-refractivity contribution < 1.29 is 8.78 Å². The SMILES string of the molecule is N#CC(C#N)Cc1cc(F)ccc1F. The molecule has 0 saturated heterocycles. The number of halogens is 2. The maximum Gasteiger partial charge on any atom is 0.137 e. The lowest BCUT2D eigenvalue weighted by Crippen LogP contribution is -2.01. The van der Waals surface area contributed by atoms with Gasteiger partial charge in [-0.3, -0.25) is 0 Å². The largest absolute Gasteiger partial charge is 0.207 e. The smallest absolute Gasteiger partial charge is 0.137 e. The highest BCUT2D eigenvalue weighted by Crippen LogP contribution is 2.13. The zero-order valence-electron chi connectivity index (χ0n) is 7.17. The van der Waals surface area contributed by atoms with Crippen molar-refractivity contribution in [3.63, 3.8) is 0 Å². The standard InChI is InChI=1S/C10H6F2N2/c11-9-1-2-10(12)8(4-9)3-7(5-13)6-14/h1-2,4,7H,3H2. The van der Waals surface area contributed by atoms with Gasteiger partial charge in [0.2, 0.25) is 0 Å². The van der Waals surface area contributed by atoms with Gasteiger partial charge in [0.05, 0.1) is 12.1 Å². The van der Waals surface area contributed by atoms with E-state index in [9.17, 15) is 8.78 Å². The minimum Gasteiger partial charge on any atom is -0.207 e. The lowest BCUT2D eigenvalue weighted by atomic mass is 10.0. The van der Waals surface area contributed by atoms with Gasteiger partial charge in [0.1, 0.15) is 17.6 Å². The van der Waals surface area contributed by atoms with Crippen LogP contribution >= 0.6 is 0 Å². The Balaban J connectivity index is 2.93. The molecule has 0 atom stereocenters. The molecule has 0 radical (unpaired) electrons. The fraction of sp³-hybridized carbons (Fsp3) is 0.200. The summed E-state index contributed by atoms with van der Waals surface area (Å²) in [5.74, 6) is -2.11. The minimum atomic E-state index is -0.939. The second-order valence-electron chi connectivity index (χ2n) is 2.75. The number of hydrogen-bond acceptors (Lipinski definition) is 2. The molecule has 0 aliphatic heterocycles. The average Bonchev–Trinajstić information content (AvgIpc) is 2.19. The van der Waals surface area contributed by atoms with Crippen LogP contribution in [0.5, 0.6) is 0 Å². The van der Waals surface area contributed by atoms with Crippen molar-refractivity contribution in [3.05, 3.63) is 35.4 Å². The van der Waals surface area contributed by atoms with Crippen molar-refractivity contribution in [1.82, 2.24) is 0 Å². The summed E-state index contributed by atoms with van der Waals surface area (Å²) in [5.41, 5.74) is 0.0538. The van der Waals surface area contributed by atoms with E-state index in [0.29, 0.717) is 0 Å². The Morgan fingerprint density at radius 1 is 1.21 bits per heavy atom. The first kappa shape index (κ1) is 10.1. The molecule has 1 aromatic carbocycles. The van der Waals surface area contributed by atoms with Gasteiger partial charge in [-0.25, -0.2) is 8.78 Å². The number of rotatable bonds is 2. The van der Waals surface area contributed by atoms with E-state index < -0.39 is 17.6 Å². The van der Waals surface area contributed by atoms with Crippen LogP contribution in [0.1, 0.15) is 5.56 Å². The minimum absolute atomic E-state index is 0.0538. The zero-order chi connectivity index (χ0) is 10.6. The van der Waals surface area contributed by atoms with Crippen molar-refractivity contribution in [2.24, 2.45) is 5.92 Å². The van der Waals surface area contributed by atoms with E-state index in [0.717, 1.165) is 18.2 Å². The van der Waals surface area contributed by atoms with E-state index in [1.165, 1.54) is 0 Å². The monoisotopic (exact) mass is 192 g/mol. The summed E-state index contributed by atoms with van der Waals surface area (Å²) in [6, 6.07) is 6.37. The Hall–Kier alpha value is -1.94. The van der Waals surface area contributed by atoms with Gasteiger partial charge < -0.3 is 0 Å². The van der Waals surface area contributed by atoms with Gasteiger partial charge in [-0.05, 0) is 23.8 Å². The number of nitrogens with zero attached hydrogens (tertiary/aromatic N) is 2. The molecule has 4 heteroatoms. The van der Waals surface area contributed by atoms with Crippen LogP contribution in [0.2, 0.25) is 0 Å². The number of nitriles is 2. The molecule has 0 spiro atoms. The third-order valence-corrected chi connectivity index (χ3v) is 1.74. The van der Waals surface area contributed by atoms with E-state index in [2.05, 4.69) is 0 Å². The highest BCUT2D eigenvalue weighted by atomic mass is 19.1. The predicted octanol–water partition coefficient (Wildman–Crippen LogP) is 2.17. The molecular weight excluding hydrogens is 186 g/mol. The van der Waals surface area contributed by atoms with E-state index in [1.54, 1.807) is 12.1 Å². The molecule has 0 fully saturated rings. The summed E-state index contributed by atoms with van der Waals surface area (Å²) in [6.07, 6.45) is -0.0867. The normalized spacial score (nSPS) is 9.50. The molecule has 0 heterocycles. The Kier molecular flexibility index (Phi) is 3.14. The Morgan fingerprint density at radius 3 is 2.43 bits per heavy atom. The molecule has 0 aliphatic carbocycles. The van der Waals surface area contributed by atoms with Gasteiger partial charge in [0.25, 0.3) is 0 Å². The molecule has 0 aliphatic rings. The van der Waals surface area contributed by atoms with Crippen molar-refractivity contribution in [2.75, 3.05) is 0 Å². The van der Waals surface area contributed by atoms with Crippen LogP contribution < -0.4 is 0 Å². The fourth-order valence-corrected chi connectivity index (χ4v) is 1.04. The summed E-state index contributed by atoms with van der Waals surface area (Å²) in [4.78, 5) is 0. The molecule has 0 aromatic heterocycles. The highest BCUT2D eigenvalue weighted by molar-refractivity contribution is 5.22. The molecule has 70 valence electrons. The van der Waals surface area contributed by atoms with Crippen LogP contribution in [0.3, 0.4) is 0 Å². The molecule has 0 bridgehead atoms. The first-order valence-corrected chi connectivity index (χ1v) is 3.90. The van der Waals surface area contributed by atoms with Crippen molar-refractivity contribution in [1.29, 1.82) is 10.5 Å². The second kappa shape index (κ2) is 4.34. The summed E-state index contributed by atoms with van der Waals surface area (Å²) < 4.78 is 25.7. The summed E-state index contributed by atoms with van der Waals surface area (Å²) in [6.45, 7) is 0. The van der Waals surface area contributed by atoms with Crippen LogP contribution in [0.25, 0.3) is 0 Å². The van der Waals surface area contributed by atoms with E-state index in [1.807, 2.05) is 0 Å². The van der Waals surface area contributed by atoms with Crippen molar-refractivity contribution in [3.8, 4) is 12.1 Å². The molecule has 0 unspecified atom stereocenters. The third-order valence-electron chi connectivity index (χ3n) is 1.74. The first-order valence-electron chi connectivity index (χ1n) is 3.90. The topological polar surface area (TPSA) is 47.6 Å². The van der Waals surface area contributed by atoms with Crippen LogP contribution in [-0.2, 0) is 6.42 Å². The molecule has 0 saturated carbocycles. The van der Waals surface area contributed by atoms with Gasteiger partial charge in [0.15, 0.2) is 0 Å². The molecule has 0 amide bonds. The Morgan fingerprint density at radius 2 is 1.86 bits per heavy atom. The summed E-state index contributed by atoms with van der Waals surface area (Å²) >= 11 is 0. The van der Waals surface area contributed by atoms with Gasteiger partial charge in [-0.2, -0.15) is 10.5 Å². The lowest BCUT2D eigenvalue weighted by Gasteiger charge is -2.02. The maximum atomic E-state index is 13.0. The second-order valence-corrected chi connectivity index (χ2v) is 2.75.